The number of alkyl halides is 3. The predicted octanol–water partition coefficient (Wildman–Crippen LogP) is 2.37. The predicted molar refractivity (Wildman–Crippen MR) is 82.2 cm³/mol. The minimum atomic E-state index is -4.76. The number of anilines is 1. The van der Waals surface area contributed by atoms with Gasteiger partial charge in [0.2, 0.25) is 0 Å². The van der Waals surface area contributed by atoms with Crippen LogP contribution >= 0.6 is 0 Å². The molecule has 1 aromatic heterocycles. The number of benzene rings is 1. The summed E-state index contributed by atoms with van der Waals surface area (Å²) in [6.45, 7) is 1.29. The first kappa shape index (κ1) is 17.1. The number of aromatic nitrogens is 3. The van der Waals surface area contributed by atoms with Crippen LogP contribution in [0, 0.1) is 0 Å². The Bertz CT molecular complexity index is 752. The van der Waals surface area contributed by atoms with Crippen molar-refractivity contribution in [3.05, 3.63) is 30.0 Å². The van der Waals surface area contributed by atoms with Crippen molar-refractivity contribution in [3.63, 3.8) is 0 Å². The van der Waals surface area contributed by atoms with Crippen molar-refractivity contribution in [1.82, 2.24) is 19.9 Å². The molecule has 0 unspecified atom stereocenters. The van der Waals surface area contributed by atoms with Crippen LogP contribution in [0.3, 0.4) is 0 Å². The van der Waals surface area contributed by atoms with Gasteiger partial charge in [-0.05, 0) is 43.5 Å². The van der Waals surface area contributed by atoms with Crippen LogP contribution in [0.4, 0.5) is 19.0 Å². The van der Waals surface area contributed by atoms with E-state index in [1.807, 2.05) is 0 Å². The summed E-state index contributed by atoms with van der Waals surface area (Å²) in [7, 11) is 0. The summed E-state index contributed by atoms with van der Waals surface area (Å²) in [6.07, 6.45) is -1.82. The number of nitrogen functional groups attached to an aromatic ring is 1. The van der Waals surface area contributed by atoms with E-state index in [1.165, 1.54) is 16.8 Å². The molecule has 0 saturated carbocycles. The van der Waals surface area contributed by atoms with Crippen LogP contribution < -0.4 is 10.5 Å². The first-order chi connectivity index (χ1) is 11.8. The van der Waals surface area contributed by atoms with Gasteiger partial charge in [0.05, 0.1) is 5.69 Å². The van der Waals surface area contributed by atoms with Crippen LogP contribution in [0.1, 0.15) is 29.8 Å². The van der Waals surface area contributed by atoms with Gasteiger partial charge in [-0.3, -0.25) is 4.79 Å². The Kier molecular flexibility index (Phi) is 4.51. The summed E-state index contributed by atoms with van der Waals surface area (Å²) in [5.41, 5.74) is 6.37. The number of piperidine rings is 1. The average molecular weight is 355 g/mol. The molecule has 0 atom stereocenters. The fraction of sp³-hybridized carbons (Fsp3) is 0.400. The Morgan fingerprint density at radius 1 is 1.12 bits per heavy atom. The monoisotopic (exact) mass is 355 g/mol. The second-order valence-electron chi connectivity index (χ2n) is 5.63. The van der Waals surface area contributed by atoms with Crippen molar-refractivity contribution in [2.75, 3.05) is 18.8 Å². The van der Waals surface area contributed by atoms with Gasteiger partial charge in [0.15, 0.2) is 11.5 Å². The Morgan fingerprint density at radius 3 is 2.36 bits per heavy atom. The van der Waals surface area contributed by atoms with E-state index in [0.717, 1.165) is 31.4 Å². The quantitative estimate of drug-likeness (QED) is 0.913. The highest BCUT2D eigenvalue weighted by molar-refractivity contribution is 5.96. The highest BCUT2D eigenvalue weighted by Crippen LogP contribution is 2.25. The van der Waals surface area contributed by atoms with E-state index >= 15 is 0 Å². The molecule has 2 aromatic rings. The number of rotatable bonds is 3. The molecule has 1 fully saturated rings. The molecule has 1 aliphatic rings. The molecule has 134 valence electrons. The highest BCUT2D eigenvalue weighted by Gasteiger charge is 2.31. The summed E-state index contributed by atoms with van der Waals surface area (Å²) in [5.74, 6) is -0.611. The van der Waals surface area contributed by atoms with Crippen LogP contribution in [-0.4, -0.2) is 45.3 Å². The summed E-state index contributed by atoms with van der Waals surface area (Å²) in [5, 5.41) is 7.67. The lowest BCUT2D eigenvalue weighted by Gasteiger charge is -2.25. The van der Waals surface area contributed by atoms with E-state index in [0.29, 0.717) is 18.8 Å². The molecule has 1 aliphatic heterocycles. The number of hydrogen-bond donors (Lipinski definition) is 1. The van der Waals surface area contributed by atoms with Crippen molar-refractivity contribution in [2.45, 2.75) is 25.6 Å². The maximum absolute atomic E-state index is 12.5. The van der Waals surface area contributed by atoms with Crippen LogP contribution in [0.25, 0.3) is 5.69 Å². The molecule has 0 radical (unpaired) electrons. The maximum Gasteiger partial charge on any atom is 0.573 e. The second-order valence-corrected chi connectivity index (χ2v) is 5.63. The molecule has 3 rings (SSSR count). The Balaban J connectivity index is 1.79. The van der Waals surface area contributed by atoms with E-state index in [1.54, 1.807) is 4.90 Å². The number of amides is 1. The maximum atomic E-state index is 12.5. The van der Waals surface area contributed by atoms with Gasteiger partial charge in [-0.25, -0.2) is 0 Å². The smallest absolute Gasteiger partial charge is 0.406 e. The van der Waals surface area contributed by atoms with Gasteiger partial charge in [-0.2, -0.15) is 4.68 Å². The summed E-state index contributed by atoms with van der Waals surface area (Å²) < 4.78 is 41.6. The molecule has 2 heterocycles. The minimum Gasteiger partial charge on any atom is -0.406 e. The first-order valence-electron chi connectivity index (χ1n) is 7.72. The van der Waals surface area contributed by atoms with Gasteiger partial charge in [-0.15, -0.1) is 18.3 Å². The molecule has 0 aliphatic carbocycles. The van der Waals surface area contributed by atoms with Crippen molar-refractivity contribution in [2.24, 2.45) is 0 Å². The molecule has 0 spiro atoms. The van der Waals surface area contributed by atoms with E-state index in [2.05, 4.69) is 15.0 Å². The zero-order valence-corrected chi connectivity index (χ0v) is 13.2. The molecular formula is C15H16F3N5O2. The normalized spacial score (nSPS) is 15.2. The third kappa shape index (κ3) is 3.83. The van der Waals surface area contributed by atoms with E-state index in [-0.39, 0.29) is 23.2 Å². The third-order valence-electron chi connectivity index (χ3n) is 3.87. The fourth-order valence-electron chi connectivity index (χ4n) is 2.67. The number of ether oxygens (including phenoxy) is 1. The molecule has 7 nitrogen and oxygen atoms in total. The highest BCUT2D eigenvalue weighted by atomic mass is 19.4. The molecule has 1 amide bonds. The number of carbonyl (C=O) groups excluding carboxylic acids is 1. The number of nitrogens with two attached hydrogens (primary N) is 1. The third-order valence-corrected chi connectivity index (χ3v) is 3.87. The largest absolute Gasteiger partial charge is 0.573 e. The molecule has 1 aromatic carbocycles. The molecule has 25 heavy (non-hydrogen) atoms. The molecule has 1 saturated heterocycles. The van der Waals surface area contributed by atoms with Gasteiger partial charge in [-0.1, -0.05) is 5.21 Å². The number of likely N-dealkylation sites (tertiary alicyclic amines) is 1. The number of halogens is 3. The van der Waals surface area contributed by atoms with Gasteiger partial charge in [0.1, 0.15) is 5.75 Å². The standard InChI is InChI=1S/C15H16F3N5O2/c16-15(17,18)25-11-6-4-10(5-7-11)23-13(19)12(20-21-23)14(24)22-8-2-1-3-9-22/h4-7H,1-3,8-9,19H2. The second kappa shape index (κ2) is 6.61. The van der Waals surface area contributed by atoms with Crippen LogP contribution in [0.2, 0.25) is 0 Å². The molecular weight excluding hydrogens is 339 g/mol. The van der Waals surface area contributed by atoms with E-state index in [9.17, 15) is 18.0 Å². The fourth-order valence-corrected chi connectivity index (χ4v) is 2.67. The van der Waals surface area contributed by atoms with Crippen molar-refractivity contribution < 1.29 is 22.7 Å². The molecule has 2 N–H and O–H groups in total. The van der Waals surface area contributed by atoms with Crippen LogP contribution in [-0.2, 0) is 0 Å². The Hall–Kier alpha value is -2.78. The number of nitrogens with zero attached hydrogens (tertiary/aromatic N) is 4. The summed E-state index contributed by atoms with van der Waals surface area (Å²) >= 11 is 0. The Labute approximate surface area is 141 Å². The van der Waals surface area contributed by atoms with Gasteiger partial charge in [0, 0.05) is 13.1 Å². The Morgan fingerprint density at radius 2 is 1.76 bits per heavy atom. The van der Waals surface area contributed by atoms with Crippen molar-refractivity contribution in [3.8, 4) is 11.4 Å². The van der Waals surface area contributed by atoms with Gasteiger partial charge >= 0.3 is 6.36 Å². The van der Waals surface area contributed by atoms with Crippen molar-refractivity contribution >= 4 is 11.7 Å². The van der Waals surface area contributed by atoms with Gasteiger partial charge in [0.25, 0.3) is 5.91 Å². The average Bonchev–Trinajstić information content (AvgIpc) is 2.96. The topological polar surface area (TPSA) is 86.3 Å². The summed E-state index contributed by atoms with van der Waals surface area (Å²) in [6, 6.07) is 4.97. The molecule has 10 heteroatoms. The summed E-state index contributed by atoms with van der Waals surface area (Å²) in [4.78, 5) is 14.1. The zero-order chi connectivity index (χ0) is 18.0. The van der Waals surface area contributed by atoms with Crippen molar-refractivity contribution in [1.29, 1.82) is 0 Å². The van der Waals surface area contributed by atoms with Crippen LogP contribution in [0.5, 0.6) is 5.75 Å². The first-order valence-corrected chi connectivity index (χ1v) is 7.72. The number of carbonyl (C=O) groups is 1. The lowest BCUT2D eigenvalue weighted by Crippen LogP contribution is -2.36. The molecule has 0 bridgehead atoms. The van der Waals surface area contributed by atoms with Gasteiger partial charge < -0.3 is 15.4 Å². The van der Waals surface area contributed by atoms with E-state index in [4.69, 9.17) is 5.73 Å². The lowest BCUT2D eigenvalue weighted by molar-refractivity contribution is -0.274. The lowest BCUT2D eigenvalue weighted by atomic mass is 10.1. The minimum absolute atomic E-state index is 0.0394. The van der Waals surface area contributed by atoms with Crippen LogP contribution in [0.15, 0.2) is 24.3 Å². The van der Waals surface area contributed by atoms with E-state index < -0.39 is 6.36 Å². The zero-order valence-electron chi connectivity index (χ0n) is 13.2. The SMILES string of the molecule is Nc1c(C(=O)N2CCCCC2)nnn1-c1ccc(OC(F)(F)F)cc1. The number of hydrogen-bond acceptors (Lipinski definition) is 5.